The quantitative estimate of drug-likeness (QED) is 0.174. The molecule has 1 N–H and O–H groups in total. The molecule has 184 valence electrons. The molecule has 0 spiro atoms. The highest BCUT2D eigenvalue weighted by Gasteiger charge is 2.15. The van der Waals surface area contributed by atoms with E-state index in [1.807, 2.05) is 37.3 Å². The third-order valence-electron chi connectivity index (χ3n) is 5.13. The molecule has 0 atom stereocenters. The molecule has 3 aromatic carbocycles. The summed E-state index contributed by atoms with van der Waals surface area (Å²) in [6.07, 6.45) is 2.01. The number of halogens is 2. The van der Waals surface area contributed by atoms with E-state index in [9.17, 15) is 14.9 Å². The molecular formula is C28H24BrClN2O4. The van der Waals surface area contributed by atoms with Gasteiger partial charge in [-0.05, 0) is 73.5 Å². The standard InChI is InChI=1S/C28H24BrClN2O4/c1-3-35-26-15-18(14-25(30)23(26)16-20-7-5-6-8-24(20)29)13-21(17-31)27(33)32-22-11-9-19(10-12-22)28(34)36-4-2/h5-15H,3-4,16H2,1-2H3,(H,32,33)/b21-13+. The van der Waals surface area contributed by atoms with Gasteiger partial charge in [0, 0.05) is 27.2 Å². The average Bonchev–Trinajstić information content (AvgIpc) is 2.86. The maximum absolute atomic E-state index is 12.7. The first-order valence-corrected chi connectivity index (χ1v) is 12.4. The number of carbonyl (C=O) groups excluding carboxylic acids is 2. The molecule has 6 nitrogen and oxygen atoms in total. The van der Waals surface area contributed by atoms with Crippen molar-refractivity contribution < 1.29 is 19.1 Å². The van der Waals surface area contributed by atoms with Crippen molar-refractivity contribution >= 4 is 51.2 Å². The van der Waals surface area contributed by atoms with Crippen molar-refractivity contribution in [2.24, 2.45) is 0 Å². The number of nitriles is 1. The van der Waals surface area contributed by atoms with E-state index < -0.39 is 11.9 Å². The molecule has 8 heteroatoms. The summed E-state index contributed by atoms with van der Waals surface area (Å²) in [6, 6.07) is 19.5. The highest BCUT2D eigenvalue weighted by Crippen LogP contribution is 2.33. The fraction of sp³-hybridized carbons (Fsp3) is 0.179. The number of rotatable bonds is 9. The average molecular weight is 568 g/mol. The number of hydrogen-bond acceptors (Lipinski definition) is 5. The smallest absolute Gasteiger partial charge is 0.338 e. The number of esters is 1. The fourth-order valence-corrected chi connectivity index (χ4v) is 4.13. The molecular weight excluding hydrogens is 544 g/mol. The number of nitrogens with one attached hydrogen (secondary N) is 1. The Hall–Kier alpha value is -3.60. The zero-order valence-corrected chi connectivity index (χ0v) is 22.2. The van der Waals surface area contributed by atoms with Crippen molar-refractivity contribution in [3.63, 3.8) is 0 Å². The molecule has 0 saturated carbocycles. The van der Waals surface area contributed by atoms with Gasteiger partial charge in [-0.2, -0.15) is 5.26 Å². The molecule has 3 aromatic rings. The van der Waals surface area contributed by atoms with Gasteiger partial charge in [0.25, 0.3) is 5.91 Å². The first kappa shape index (κ1) is 27.0. The number of anilines is 1. The highest BCUT2D eigenvalue weighted by atomic mass is 79.9. The fourth-order valence-electron chi connectivity index (χ4n) is 3.42. The van der Waals surface area contributed by atoms with Crippen molar-refractivity contribution in [2.75, 3.05) is 18.5 Å². The lowest BCUT2D eigenvalue weighted by atomic mass is 10.0. The van der Waals surface area contributed by atoms with Gasteiger partial charge in [-0.3, -0.25) is 4.79 Å². The van der Waals surface area contributed by atoms with E-state index in [0.717, 1.165) is 15.6 Å². The maximum atomic E-state index is 12.7. The topological polar surface area (TPSA) is 88.4 Å². The van der Waals surface area contributed by atoms with Crippen LogP contribution in [0.2, 0.25) is 5.02 Å². The van der Waals surface area contributed by atoms with E-state index in [1.165, 1.54) is 6.08 Å². The van der Waals surface area contributed by atoms with Crippen LogP contribution in [0.3, 0.4) is 0 Å². The van der Waals surface area contributed by atoms with Gasteiger partial charge < -0.3 is 14.8 Å². The van der Waals surface area contributed by atoms with Crippen molar-refractivity contribution in [1.29, 1.82) is 5.26 Å². The zero-order chi connectivity index (χ0) is 26.1. The monoisotopic (exact) mass is 566 g/mol. The third kappa shape index (κ3) is 6.97. The molecule has 0 aliphatic carbocycles. The normalized spacial score (nSPS) is 10.9. The Balaban J connectivity index is 1.84. The molecule has 0 heterocycles. The molecule has 0 unspecified atom stereocenters. The number of carbonyl (C=O) groups is 2. The Morgan fingerprint density at radius 3 is 2.44 bits per heavy atom. The molecule has 3 rings (SSSR count). The lowest BCUT2D eigenvalue weighted by molar-refractivity contribution is -0.112. The van der Waals surface area contributed by atoms with Crippen LogP contribution in [0.25, 0.3) is 6.08 Å². The SMILES string of the molecule is CCOC(=O)c1ccc(NC(=O)/C(C#N)=C/c2cc(Cl)c(Cc3ccccc3Br)c(OCC)c2)cc1. The minimum atomic E-state index is -0.590. The molecule has 0 aromatic heterocycles. The maximum Gasteiger partial charge on any atom is 0.338 e. The number of benzene rings is 3. The van der Waals surface area contributed by atoms with Crippen molar-refractivity contribution in [2.45, 2.75) is 20.3 Å². The number of hydrogen-bond donors (Lipinski definition) is 1. The van der Waals surface area contributed by atoms with E-state index in [1.54, 1.807) is 43.3 Å². The van der Waals surface area contributed by atoms with E-state index in [2.05, 4.69) is 21.2 Å². The summed E-state index contributed by atoms with van der Waals surface area (Å²) in [4.78, 5) is 24.5. The van der Waals surface area contributed by atoms with Gasteiger partial charge in [0.1, 0.15) is 17.4 Å². The summed E-state index contributed by atoms with van der Waals surface area (Å²) >= 11 is 10.2. The molecule has 0 radical (unpaired) electrons. The number of nitrogens with zero attached hydrogens (tertiary/aromatic N) is 1. The first-order chi connectivity index (χ1) is 17.4. The summed E-state index contributed by atoms with van der Waals surface area (Å²) in [6.45, 7) is 4.30. The van der Waals surface area contributed by atoms with Crippen LogP contribution in [-0.4, -0.2) is 25.1 Å². The second kappa shape index (κ2) is 12.9. The van der Waals surface area contributed by atoms with Crippen LogP contribution in [0.15, 0.2) is 70.7 Å². The molecule has 0 saturated heterocycles. The first-order valence-electron chi connectivity index (χ1n) is 11.2. The van der Waals surface area contributed by atoms with Crippen LogP contribution in [0, 0.1) is 11.3 Å². The molecule has 0 aliphatic heterocycles. The van der Waals surface area contributed by atoms with Gasteiger partial charge in [-0.25, -0.2) is 4.79 Å². The molecule has 0 bridgehead atoms. The Kier molecular flexibility index (Phi) is 9.69. The van der Waals surface area contributed by atoms with Gasteiger partial charge in [-0.15, -0.1) is 0 Å². The Morgan fingerprint density at radius 2 is 1.81 bits per heavy atom. The minimum absolute atomic E-state index is 0.110. The number of amides is 1. The van der Waals surface area contributed by atoms with Crippen LogP contribution in [0.5, 0.6) is 5.75 Å². The lowest BCUT2D eigenvalue weighted by Crippen LogP contribution is -2.13. The summed E-state index contributed by atoms with van der Waals surface area (Å²) in [5.74, 6) is -0.454. The Morgan fingerprint density at radius 1 is 1.08 bits per heavy atom. The van der Waals surface area contributed by atoms with Gasteiger partial charge >= 0.3 is 5.97 Å². The van der Waals surface area contributed by atoms with Crippen molar-refractivity contribution in [3.8, 4) is 11.8 Å². The van der Waals surface area contributed by atoms with E-state index in [-0.39, 0.29) is 12.2 Å². The summed E-state index contributed by atoms with van der Waals surface area (Å²) in [7, 11) is 0. The summed E-state index contributed by atoms with van der Waals surface area (Å²) < 4.78 is 11.8. The summed E-state index contributed by atoms with van der Waals surface area (Å²) in [5.41, 5.74) is 3.12. The second-order valence-corrected chi connectivity index (χ2v) is 8.86. The lowest BCUT2D eigenvalue weighted by Gasteiger charge is -2.14. The van der Waals surface area contributed by atoms with Gasteiger partial charge in [-0.1, -0.05) is 45.7 Å². The molecule has 1 amide bonds. The third-order valence-corrected chi connectivity index (χ3v) is 6.24. The Bertz CT molecular complexity index is 1330. The predicted octanol–water partition coefficient (Wildman–Crippen LogP) is 6.81. The zero-order valence-electron chi connectivity index (χ0n) is 19.8. The molecule has 36 heavy (non-hydrogen) atoms. The largest absolute Gasteiger partial charge is 0.494 e. The second-order valence-electron chi connectivity index (χ2n) is 7.60. The van der Waals surface area contributed by atoms with Gasteiger partial charge in [0.15, 0.2) is 0 Å². The van der Waals surface area contributed by atoms with Crippen LogP contribution >= 0.6 is 27.5 Å². The van der Waals surface area contributed by atoms with Crippen LogP contribution in [0.4, 0.5) is 5.69 Å². The van der Waals surface area contributed by atoms with Crippen LogP contribution in [-0.2, 0) is 16.0 Å². The van der Waals surface area contributed by atoms with Crippen LogP contribution < -0.4 is 10.1 Å². The predicted molar refractivity (Wildman–Crippen MR) is 144 cm³/mol. The van der Waals surface area contributed by atoms with Crippen molar-refractivity contribution in [1.82, 2.24) is 0 Å². The van der Waals surface area contributed by atoms with E-state index in [0.29, 0.717) is 40.6 Å². The van der Waals surface area contributed by atoms with Gasteiger partial charge in [0.2, 0.25) is 0 Å². The molecule has 0 fully saturated rings. The summed E-state index contributed by atoms with van der Waals surface area (Å²) in [5, 5.41) is 12.8. The minimum Gasteiger partial charge on any atom is -0.494 e. The Labute approximate surface area is 223 Å². The van der Waals surface area contributed by atoms with E-state index in [4.69, 9.17) is 21.1 Å². The van der Waals surface area contributed by atoms with Gasteiger partial charge in [0.05, 0.1) is 18.8 Å². The van der Waals surface area contributed by atoms with Crippen molar-refractivity contribution in [3.05, 3.63) is 98.0 Å². The van der Waals surface area contributed by atoms with Crippen LogP contribution in [0.1, 0.15) is 40.9 Å². The highest BCUT2D eigenvalue weighted by molar-refractivity contribution is 9.10. The number of ether oxygens (including phenoxy) is 2. The van der Waals surface area contributed by atoms with E-state index >= 15 is 0 Å². The molecule has 0 aliphatic rings.